The first-order valence-corrected chi connectivity index (χ1v) is 7.77. The minimum atomic E-state index is -0.457. The van der Waals surface area contributed by atoms with E-state index in [9.17, 15) is 8.78 Å². The molecule has 0 N–H and O–H groups in total. The molecule has 4 heteroatoms. The zero-order valence-corrected chi connectivity index (χ0v) is 13.3. The third kappa shape index (κ3) is 3.94. The largest absolute Gasteiger partial charge is 0.375 e. The summed E-state index contributed by atoms with van der Waals surface area (Å²) in [7, 11) is 0. The van der Waals surface area contributed by atoms with Crippen LogP contribution in [0, 0.1) is 11.6 Å². The van der Waals surface area contributed by atoms with Gasteiger partial charge < -0.3 is 9.64 Å². The number of ether oxygens (including phenoxy) is 1. The van der Waals surface area contributed by atoms with Crippen LogP contribution in [0.4, 0.5) is 14.5 Å². The molecule has 2 rings (SSSR count). The molecule has 1 fully saturated rings. The van der Waals surface area contributed by atoms with Gasteiger partial charge in [0, 0.05) is 13.1 Å². The van der Waals surface area contributed by atoms with E-state index in [2.05, 4.69) is 0 Å². The lowest BCUT2D eigenvalue weighted by molar-refractivity contribution is -0.00490. The highest BCUT2D eigenvalue weighted by Gasteiger charge is 2.25. The van der Waals surface area contributed by atoms with Gasteiger partial charge in [-0.3, -0.25) is 0 Å². The van der Waals surface area contributed by atoms with Crippen molar-refractivity contribution >= 4 is 5.69 Å². The van der Waals surface area contributed by atoms with Gasteiger partial charge in [0.25, 0.3) is 0 Å². The van der Waals surface area contributed by atoms with Crippen LogP contribution < -0.4 is 4.90 Å². The molecule has 2 nitrogen and oxygen atoms in total. The number of benzene rings is 1. The molecule has 0 atom stereocenters. The number of halogens is 2. The van der Waals surface area contributed by atoms with Crippen LogP contribution >= 0.6 is 0 Å². The van der Waals surface area contributed by atoms with Gasteiger partial charge in [0.05, 0.1) is 12.2 Å². The molecule has 1 aromatic rings. The molecule has 0 unspecified atom stereocenters. The Morgan fingerprint density at radius 1 is 1.05 bits per heavy atom. The van der Waals surface area contributed by atoms with E-state index in [0.717, 1.165) is 12.8 Å². The third-order valence-corrected chi connectivity index (χ3v) is 3.93. The Morgan fingerprint density at radius 3 is 2.00 bits per heavy atom. The van der Waals surface area contributed by atoms with Gasteiger partial charge in [0.15, 0.2) is 0 Å². The first-order chi connectivity index (χ1) is 9.88. The fourth-order valence-corrected chi connectivity index (χ4v) is 2.82. The number of hydrogen-bond acceptors (Lipinski definition) is 2. The van der Waals surface area contributed by atoms with E-state index in [-0.39, 0.29) is 23.8 Å². The summed E-state index contributed by atoms with van der Waals surface area (Å²) in [6.07, 6.45) is 2.01. The molecule has 1 heterocycles. The van der Waals surface area contributed by atoms with Crippen LogP contribution in [0.25, 0.3) is 0 Å². The standard InChI is InChI=1S/C17H25F2NO/c1-11(2)13-9-15(18)17(16(19)10-13)20-7-5-14(6-8-20)21-12(3)4/h9-12,14H,5-8H2,1-4H3. The van der Waals surface area contributed by atoms with E-state index >= 15 is 0 Å². The van der Waals surface area contributed by atoms with E-state index in [1.54, 1.807) is 4.90 Å². The monoisotopic (exact) mass is 297 g/mol. The second-order valence-corrected chi connectivity index (χ2v) is 6.36. The number of rotatable bonds is 4. The maximum Gasteiger partial charge on any atom is 0.149 e. The average Bonchev–Trinajstić information content (AvgIpc) is 2.39. The van der Waals surface area contributed by atoms with Gasteiger partial charge in [-0.25, -0.2) is 8.78 Å². The smallest absolute Gasteiger partial charge is 0.149 e. The Kier molecular flexibility index (Phi) is 5.20. The van der Waals surface area contributed by atoms with Gasteiger partial charge in [-0.15, -0.1) is 0 Å². The fourth-order valence-electron chi connectivity index (χ4n) is 2.82. The predicted octanol–water partition coefficient (Wildman–Crippen LogP) is 4.48. The zero-order chi connectivity index (χ0) is 15.6. The van der Waals surface area contributed by atoms with Gasteiger partial charge in [0.1, 0.15) is 17.3 Å². The molecule has 118 valence electrons. The van der Waals surface area contributed by atoms with Gasteiger partial charge in [-0.1, -0.05) is 13.8 Å². The lowest BCUT2D eigenvalue weighted by atomic mass is 10.0. The Bertz CT molecular complexity index is 457. The molecule has 1 aromatic carbocycles. The summed E-state index contributed by atoms with van der Waals surface area (Å²) in [5, 5.41) is 0. The SMILES string of the molecule is CC(C)OC1CCN(c2c(F)cc(C(C)C)cc2F)CC1. The summed E-state index contributed by atoms with van der Waals surface area (Å²) in [6, 6.07) is 2.92. The van der Waals surface area contributed by atoms with Crippen molar-refractivity contribution < 1.29 is 13.5 Å². The van der Waals surface area contributed by atoms with E-state index < -0.39 is 11.6 Å². The van der Waals surface area contributed by atoms with Crippen LogP contribution in [0.5, 0.6) is 0 Å². The summed E-state index contributed by atoms with van der Waals surface area (Å²) in [4.78, 5) is 1.80. The minimum Gasteiger partial charge on any atom is -0.375 e. The van der Waals surface area contributed by atoms with Crippen molar-refractivity contribution in [1.29, 1.82) is 0 Å². The zero-order valence-electron chi connectivity index (χ0n) is 13.3. The second-order valence-electron chi connectivity index (χ2n) is 6.36. The van der Waals surface area contributed by atoms with Crippen molar-refractivity contribution in [1.82, 2.24) is 0 Å². The number of nitrogens with zero attached hydrogens (tertiary/aromatic N) is 1. The molecular formula is C17H25F2NO. The molecule has 0 amide bonds. The molecule has 0 spiro atoms. The van der Waals surface area contributed by atoms with Crippen molar-refractivity contribution in [2.75, 3.05) is 18.0 Å². The summed E-state index contributed by atoms with van der Waals surface area (Å²) in [6.45, 7) is 9.15. The van der Waals surface area contributed by atoms with Crippen molar-refractivity contribution in [2.45, 2.75) is 58.7 Å². The second kappa shape index (κ2) is 6.73. The van der Waals surface area contributed by atoms with Crippen LogP contribution in [0.2, 0.25) is 0 Å². The Hall–Kier alpha value is -1.16. The fraction of sp³-hybridized carbons (Fsp3) is 0.647. The molecule has 1 saturated heterocycles. The Balaban J connectivity index is 2.10. The number of hydrogen-bond donors (Lipinski definition) is 0. The van der Waals surface area contributed by atoms with Crippen molar-refractivity contribution in [3.05, 3.63) is 29.3 Å². The Labute approximate surface area is 126 Å². The predicted molar refractivity (Wildman–Crippen MR) is 81.9 cm³/mol. The van der Waals surface area contributed by atoms with Gasteiger partial charge in [0.2, 0.25) is 0 Å². The van der Waals surface area contributed by atoms with Gasteiger partial charge in [-0.05, 0) is 50.3 Å². The Morgan fingerprint density at radius 2 is 1.57 bits per heavy atom. The van der Waals surface area contributed by atoms with E-state index in [0.29, 0.717) is 18.7 Å². The molecule has 0 aromatic heterocycles. The summed E-state index contributed by atoms with van der Waals surface area (Å²) in [5.74, 6) is -0.794. The van der Waals surface area contributed by atoms with Crippen molar-refractivity contribution in [2.24, 2.45) is 0 Å². The molecule has 0 bridgehead atoms. The summed E-state index contributed by atoms with van der Waals surface area (Å²) < 4.78 is 34.3. The maximum absolute atomic E-state index is 14.3. The van der Waals surface area contributed by atoms with Crippen LogP contribution in [0.1, 0.15) is 52.0 Å². The van der Waals surface area contributed by atoms with Crippen molar-refractivity contribution in [3.63, 3.8) is 0 Å². The van der Waals surface area contributed by atoms with Crippen molar-refractivity contribution in [3.8, 4) is 0 Å². The quantitative estimate of drug-likeness (QED) is 0.812. The minimum absolute atomic E-state index is 0.113. The van der Waals surface area contributed by atoms with E-state index in [4.69, 9.17) is 4.74 Å². The van der Waals surface area contributed by atoms with E-state index in [1.165, 1.54) is 12.1 Å². The van der Waals surface area contributed by atoms with Crippen LogP contribution in [0.3, 0.4) is 0 Å². The van der Waals surface area contributed by atoms with Crippen LogP contribution in [-0.4, -0.2) is 25.3 Å². The molecule has 1 aliphatic rings. The summed E-state index contributed by atoms with van der Waals surface area (Å²) in [5.41, 5.74) is 0.814. The summed E-state index contributed by atoms with van der Waals surface area (Å²) >= 11 is 0. The molecular weight excluding hydrogens is 272 g/mol. The third-order valence-electron chi connectivity index (χ3n) is 3.93. The van der Waals surface area contributed by atoms with Crippen LogP contribution in [-0.2, 0) is 4.74 Å². The first kappa shape index (κ1) is 16.2. The van der Waals surface area contributed by atoms with Crippen LogP contribution in [0.15, 0.2) is 12.1 Å². The highest BCUT2D eigenvalue weighted by atomic mass is 19.1. The van der Waals surface area contributed by atoms with E-state index in [1.807, 2.05) is 27.7 Å². The lowest BCUT2D eigenvalue weighted by Crippen LogP contribution is -2.38. The maximum atomic E-state index is 14.3. The first-order valence-electron chi connectivity index (χ1n) is 7.77. The lowest BCUT2D eigenvalue weighted by Gasteiger charge is -2.34. The normalized spacial score (nSPS) is 17.0. The molecule has 0 aliphatic carbocycles. The molecule has 0 radical (unpaired) electrons. The number of anilines is 1. The molecule has 21 heavy (non-hydrogen) atoms. The molecule has 0 saturated carbocycles. The average molecular weight is 297 g/mol. The highest BCUT2D eigenvalue weighted by Crippen LogP contribution is 2.30. The molecule has 1 aliphatic heterocycles. The number of piperidine rings is 1. The van der Waals surface area contributed by atoms with Gasteiger partial charge >= 0.3 is 0 Å². The highest BCUT2D eigenvalue weighted by molar-refractivity contribution is 5.51. The topological polar surface area (TPSA) is 12.5 Å². The van der Waals surface area contributed by atoms with Gasteiger partial charge in [-0.2, -0.15) is 0 Å².